The van der Waals surface area contributed by atoms with E-state index in [0.29, 0.717) is 5.56 Å². The van der Waals surface area contributed by atoms with Gasteiger partial charge >= 0.3 is 0 Å². The smallest absolute Gasteiger partial charge is 0.115 e. The minimum Gasteiger partial charge on any atom is -0.375 e. The van der Waals surface area contributed by atoms with Crippen molar-refractivity contribution in [1.29, 1.82) is 5.26 Å². The molecule has 0 aliphatic heterocycles. The van der Waals surface area contributed by atoms with E-state index in [1.807, 2.05) is 11.4 Å². The normalized spacial score (nSPS) is 11.8. The lowest BCUT2D eigenvalue weighted by atomic mass is 10.2. The summed E-state index contributed by atoms with van der Waals surface area (Å²) in [6.07, 6.45) is 1.80. The highest BCUT2D eigenvalue weighted by Gasteiger charge is 2.09. The van der Waals surface area contributed by atoms with Gasteiger partial charge in [-0.2, -0.15) is 5.26 Å². The van der Waals surface area contributed by atoms with Crippen molar-refractivity contribution in [1.82, 2.24) is 4.98 Å². The van der Waals surface area contributed by atoms with Crippen LogP contribution in [0, 0.1) is 11.3 Å². The highest BCUT2D eigenvalue weighted by atomic mass is 79.9. The summed E-state index contributed by atoms with van der Waals surface area (Å²) in [5, 5.41) is 15.1. The van der Waals surface area contributed by atoms with Gasteiger partial charge in [-0.25, -0.2) is 4.98 Å². The van der Waals surface area contributed by atoms with Gasteiger partial charge in [-0.1, -0.05) is 0 Å². The molecule has 5 heteroatoms. The Labute approximate surface area is 112 Å². The third-order valence-electron chi connectivity index (χ3n) is 2.29. The predicted molar refractivity (Wildman–Crippen MR) is 73.0 cm³/mol. The molecule has 0 amide bonds. The maximum absolute atomic E-state index is 8.79. The van der Waals surface area contributed by atoms with E-state index in [9.17, 15) is 0 Å². The van der Waals surface area contributed by atoms with Gasteiger partial charge in [-0.05, 0) is 41.1 Å². The van der Waals surface area contributed by atoms with Crippen molar-refractivity contribution < 1.29 is 0 Å². The Balaban J connectivity index is 2.17. The van der Waals surface area contributed by atoms with Crippen molar-refractivity contribution in [3.05, 3.63) is 44.8 Å². The average Bonchev–Trinajstić information content (AvgIpc) is 2.85. The molecule has 1 heterocycles. The van der Waals surface area contributed by atoms with Crippen LogP contribution >= 0.6 is 27.3 Å². The summed E-state index contributed by atoms with van der Waals surface area (Å²) in [5.41, 5.74) is 1.61. The standard InChI is InChI=1S/C12H10BrN3S/c1-8(12-15-4-5-17-12)16-11-3-2-9(7-14)6-10(11)13/h2-6,8,16H,1H3. The van der Waals surface area contributed by atoms with E-state index in [-0.39, 0.29) is 6.04 Å². The first kappa shape index (κ1) is 12.1. The molecule has 1 aromatic carbocycles. The molecule has 0 radical (unpaired) electrons. The molecule has 0 aliphatic carbocycles. The highest BCUT2D eigenvalue weighted by Crippen LogP contribution is 2.27. The van der Waals surface area contributed by atoms with E-state index in [1.54, 1.807) is 29.7 Å². The van der Waals surface area contributed by atoms with E-state index in [4.69, 9.17) is 5.26 Å². The SMILES string of the molecule is CC(Nc1ccc(C#N)cc1Br)c1nccs1. The van der Waals surface area contributed by atoms with Gasteiger partial charge in [0.1, 0.15) is 5.01 Å². The van der Waals surface area contributed by atoms with Gasteiger partial charge in [0.05, 0.1) is 17.7 Å². The number of nitrogens with zero attached hydrogens (tertiary/aromatic N) is 2. The number of rotatable bonds is 3. The predicted octanol–water partition coefficient (Wildman–Crippen LogP) is 3.95. The minimum atomic E-state index is 0.152. The summed E-state index contributed by atoms with van der Waals surface area (Å²) in [6.45, 7) is 2.06. The molecular formula is C12H10BrN3S. The number of hydrogen-bond acceptors (Lipinski definition) is 4. The Hall–Kier alpha value is -1.38. The summed E-state index contributed by atoms with van der Waals surface area (Å²) in [4.78, 5) is 4.26. The first-order chi connectivity index (χ1) is 8.20. The summed E-state index contributed by atoms with van der Waals surface area (Å²) in [6, 6.07) is 7.75. The number of anilines is 1. The maximum atomic E-state index is 8.79. The minimum absolute atomic E-state index is 0.152. The van der Waals surface area contributed by atoms with Gasteiger partial charge in [0.25, 0.3) is 0 Å². The van der Waals surface area contributed by atoms with Gasteiger partial charge in [0.2, 0.25) is 0 Å². The van der Waals surface area contributed by atoms with E-state index < -0.39 is 0 Å². The molecule has 1 unspecified atom stereocenters. The molecule has 0 bridgehead atoms. The Morgan fingerprint density at radius 3 is 2.94 bits per heavy atom. The number of nitrogens with one attached hydrogen (secondary N) is 1. The molecule has 17 heavy (non-hydrogen) atoms. The van der Waals surface area contributed by atoms with Gasteiger partial charge in [0.15, 0.2) is 0 Å². The molecular weight excluding hydrogens is 298 g/mol. The lowest BCUT2D eigenvalue weighted by Gasteiger charge is -2.14. The van der Waals surface area contributed by atoms with Crippen molar-refractivity contribution in [2.75, 3.05) is 5.32 Å². The second-order valence-electron chi connectivity index (χ2n) is 3.54. The van der Waals surface area contributed by atoms with E-state index in [0.717, 1.165) is 15.2 Å². The van der Waals surface area contributed by atoms with Crippen molar-refractivity contribution in [3.63, 3.8) is 0 Å². The van der Waals surface area contributed by atoms with Crippen LogP contribution in [-0.4, -0.2) is 4.98 Å². The molecule has 0 saturated carbocycles. The largest absolute Gasteiger partial charge is 0.375 e. The van der Waals surface area contributed by atoms with Crippen LogP contribution in [0.2, 0.25) is 0 Å². The first-order valence-corrected chi connectivity index (χ1v) is 6.73. The van der Waals surface area contributed by atoms with Crippen molar-refractivity contribution in [3.8, 4) is 6.07 Å². The molecule has 86 valence electrons. The van der Waals surface area contributed by atoms with Gasteiger partial charge in [-0.15, -0.1) is 11.3 Å². The van der Waals surface area contributed by atoms with Crippen LogP contribution < -0.4 is 5.32 Å². The summed E-state index contributed by atoms with van der Waals surface area (Å²) in [7, 11) is 0. The second-order valence-corrected chi connectivity index (χ2v) is 5.32. The fourth-order valence-corrected chi connectivity index (χ4v) is 2.58. The molecule has 0 saturated heterocycles. The van der Waals surface area contributed by atoms with Crippen LogP contribution in [0.25, 0.3) is 0 Å². The van der Waals surface area contributed by atoms with E-state index in [2.05, 4.69) is 39.2 Å². The van der Waals surface area contributed by atoms with E-state index in [1.165, 1.54) is 0 Å². The Morgan fingerprint density at radius 2 is 2.35 bits per heavy atom. The third-order valence-corrected chi connectivity index (χ3v) is 3.91. The number of halogens is 1. The Morgan fingerprint density at radius 1 is 1.53 bits per heavy atom. The van der Waals surface area contributed by atoms with Crippen molar-refractivity contribution in [2.45, 2.75) is 13.0 Å². The Bertz CT molecular complexity index is 545. The fraction of sp³-hybridized carbons (Fsp3) is 0.167. The molecule has 0 aliphatic rings. The highest BCUT2D eigenvalue weighted by molar-refractivity contribution is 9.10. The summed E-state index contributed by atoms with van der Waals surface area (Å²) in [5.74, 6) is 0. The van der Waals surface area contributed by atoms with E-state index >= 15 is 0 Å². The zero-order valence-electron chi connectivity index (χ0n) is 9.14. The number of aromatic nitrogens is 1. The van der Waals surface area contributed by atoms with Crippen LogP contribution in [0.5, 0.6) is 0 Å². The number of hydrogen-bond donors (Lipinski definition) is 1. The topological polar surface area (TPSA) is 48.7 Å². The quantitative estimate of drug-likeness (QED) is 0.934. The average molecular weight is 308 g/mol. The lowest BCUT2D eigenvalue weighted by Crippen LogP contribution is -2.06. The first-order valence-electron chi connectivity index (χ1n) is 5.06. The molecule has 2 aromatic rings. The molecule has 1 aromatic heterocycles. The monoisotopic (exact) mass is 307 g/mol. The Kier molecular flexibility index (Phi) is 3.77. The fourth-order valence-electron chi connectivity index (χ4n) is 1.45. The van der Waals surface area contributed by atoms with Crippen LogP contribution in [0.15, 0.2) is 34.2 Å². The zero-order valence-corrected chi connectivity index (χ0v) is 11.5. The van der Waals surface area contributed by atoms with Gasteiger partial charge < -0.3 is 5.32 Å². The van der Waals surface area contributed by atoms with Crippen LogP contribution in [0.1, 0.15) is 23.5 Å². The third kappa shape index (κ3) is 2.84. The molecule has 1 N–H and O–H groups in total. The number of thiazole rings is 1. The lowest BCUT2D eigenvalue weighted by molar-refractivity contribution is 0.869. The number of benzene rings is 1. The van der Waals surface area contributed by atoms with Crippen molar-refractivity contribution in [2.24, 2.45) is 0 Å². The summed E-state index contributed by atoms with van der Waals surface area (Å²) >= 11 is 5.07. The molecule has 1 atom stereocenters. The van der Waals surface area contributed by atoms with Crippen LogP contribution in [-0.2, 0) is 0 Å². The number of nitriles is 1. The van der Waals surface area contributed by atoms with Crippen LogP contribution in [0.3, 0.4) is 0 Å². The zero-order chi connectivity index (χ0) is 12.3. The molecule has 0 spiro atoms. The van der Waals surface area contributed by atoms with Crippen LogP contribution in [0.4, 0.5) is 5.69 Å². The second kappa shape index (κ2) is 5.30. The maximum Gasteiger partial charge on any atom is 0.115 e. The molecule has 2 rings (SSSR count). The molecule has 0 fully saturated rings. The molecule has 3 nitrogen and oxygen atoms in total. The van der Waals surface area contributed by atoms with Crippen molar-refractivity contribution >= 4 is 33.0 Å². The van der Waals surface area contributed by atoms with Gasteiger partial charge in [0, 0.05) is 21.7 Å². The summed E-state index contributed by atoms with van der Waals surface area (Å²) < 4.78 is 0.889. The van der Waals surface area contributed by atoms with Gasteiger partial charge in [-0.3, -0.25) is 0 Å².